The number of esters is 1. The highest BCUT2D eigenvalue weighted by Gasteiger charge is 2.20. The number of fused-ring (bicyclic) bond motifs is 1. The molecule has 0 fully saturated rings. The summed E-state index contributed by atoms with van der Waals surface area (Å²) in [6, 6.07) is 6.11. The molecular weight excluding hydrogens is 356 g/mol. The minimum atomic E-state index is -0.551. The molecule has 2 heterocycles. The summed E-state index contributed by atoms with van der Waals surface area (Å²) in [5, 5.41) is 4.41. The fourth-order valence-electron chi connectivity index (χ4n) is 2.32. The van der Waals surface area contributed by atoms with Crippen LogP contribution in [0.4, 0.5) is 4.39 Å². The Balaban J connectivity index is 2.06. The summed E-state index contributed by atoms with van der Waals surface area (Å²) in [4.78, 5) is 16.1. The Morgan fingerprint density at radius 1 is 1.38 bits per heavy atom. The van der Waals surface area contributed by atoms with E-state index in [9.17, 15) is 9.18 Å². The van der Waals surface area contributed by atoms with Gasteiger partial charge in [0, 0.05) is 12.0 Å². The number of benzene rings is 1. The second-order valence-corrected chi connectivity index (χ2v) is 5.71. The van der Waals surface area contributed by atoms with Crippen LogP contribution in [0.3, 0.4) is 0 Å². The van der Waals surface area contributed by atoms with Crippen LogP contribution in [-0.4, -0.2) is 27.2 Å². The lowest BCUT2D eigenvalue weighted by atomic mass is 10.1. The van der Waals surface area contributed by atoms with E-state index in [4.69, 9.17) is 27.9 Å². The average molecular weight is 368 g/mol. The molecule has 24 heavy (non-hydrogen) atoms. The molecule has 2 aromatic heterocycles. The quantitative estimate of drug-likeness (QED) is 0.517. The molecule has 0 spiro atoms. The smallest absolute Gasteiger partial charge is 0.343 e. The Morgan fingerprint density at radius 2 is 2.17 bits per heavy atom. The predicted molar refractivity (Wildman–Crippen MR) is 88.2 cm³/mol. The van der Waals surface area contributed by atoms with Crippen molar-refractivity contribution in [2.24, 2.45) is 0 Å². The van der Waals surface area contributed by atoms with Crippen LogP contribution in [-0.2, 0) is 11.2 Å². The molecule has 3 aromatic rings. The molecule has 8 heteroatoms. The number of hydrogen-bond acceptors (Lipinski definition) is 4. The first kappa shape index (κ1) is 16.7. The van der Waals surface area contributed by atoms with Crippen molar-refractivity contribution >= 4 is 34.8 Å². The van der Waals surface area contributed by atoms with Crippen LogP contribution in [0, 0.1) is 5.82 Å². The van der Waals surface area contributed by atoms with Crippen molar-refractivity contribution in [3.8, 4) is 0 Å². The molecule has 0 radical (unpaired) electrons. The van der Waals surface area contributed by atoms with Gasteiger partial charge in [0.05, 0.1) is 12.8 Å². The highest BCUT2D eigenvalue weighted by molar-refractivity contribution is 6.35. The van der Waals surface area contributed by atoms with E-state index in [-0.39, 0.29) is 40.4 Å². The molecule has 0 amide bonds. The molecule has 0 aliphatic heterocycles. The lowest BCUT2D eigenvalue weighted by Gasteiger charge is -2.09. The lowest BCUT2D eigenvalue weighted by Crippen LogP contribution is -2.06. The minimum absolute atomic E-state index is 0.128. The van der Waals surface area contributed by atoms with Gasteiger partial charge < -0.3 is 4.74 Å². The number of nitrogens with zero attached hydrogens (tertiary/aromatic N) is 3. The van der Waals surface area contributed by atoms with Crippen molar-refractivity contribution in [1.82, 2.24) is 14.6 Å². The van der Waals surface area contributed by atoms with Gasteiger partial charge in [-0.15, -0.1) is 0 Å². The van der Waals surface area contributed by atoms with E-state index in [1.807, 2.05) is 0 Å². The van der Waals surface area contributed by atoms with E-state index >= 15 is 0 Å². The van der Waals surface area contributed by atoms with Gasteiger partial charge in [0.25, 0.3) is 0 Å². The number of aromatic nitrogens is 3. The molecule has 0 saturated heterocycles. The van der Waals surface area contributed by atoms with E-state index < -0.39 is 5.97 Å². The first-order valence-electron chi connectivity index (χ1n) is 7.14. The van der Waals surface area contributed by atoms with Crippen molar-refractivity contribution in [1.29, 1.82) is 0 Å². The van der Waals surface area contributed by atoms with E-state index in [2.05, 4.69) is 10.1 Å². The standard InChI is InChI=1S/C16H12Cl2FN3O2/c1-2-24-16(23)12-8-20-22-14(18)11(13(17)21-15(12)22)7-9-4-3-5-10(19)6-9/h3-6,8H,2,7H2,1H3. The van der Waals surface area contributed by atoms with Crippen LogP contribution in [0.15, 0.2) is 30.5 Å². The van der Waals surface area contributed by atoms with E-state index in [0.29, 0.717) is 11.1 Å². The normalized spacial score (nSPS) is 11.0. The predicted octanol–water partition coefficient (Wildman–Crippen LogP) is 3.94. The van der Waals surface area contributed by atoms with Crippen molar-refractivity contribution < 1.29 is 13.9 Å². The van der Waals surface area contributed by atoms with Gasteiger partial charge in [0.1, 0.15) is 21.7 Å². The number of carbonyl (C=O) groups excluding carboxylic acids is 1. The summed E-state index contributed by atoms with van der Waals surface area (Å²) in [6.07, 6.45) is 1.61. The second kappa shape index (κ2) is 6.75. The molecular formula is C16H12Cl2FN3O2. The van der Waals surface area contributed by atoms with E-state index in [0.717, 1.165) is 0 Å². The first-order valence-corrected chi connectivity index (χ1v) is 7.90. The SMILES string of the molecule is CCOC(=O)c1cnn2c(Cl)c(Cc3cccc(F)c3)c(Cl)nc12. The Hall–Kier alpha value is -2.18. The van der Waals surface area contributed by atoms with Crippen molar-refractivity contribution in [3.05, 3.63) is 63.3 Å². The summed E-state index contributed by atoms with van der Waals surface area (Å²) in [5.74, 6) is -0.900. The molecule has 3 rings (SSSR count). The molecule has 0 saturated carbocycles. The molecule has 0 aliphatic carbocycles. The largest absolute Gasteiger partial charge is 0.462 e. The van der Waals surface area contributed by atoms with Crippen LogP contribution in [0.1, 0.15) is 28.4 Å². The third-order valence-corrected chi connectivity index (χ3v) is 4.10. The summed E-state index contributed by atoms with van der Waals surface area (Å²) in [6.45, 7) is 1.93. The third kappa shape index (κ3) is 3.07. The van der Waals surface area contributed by atoms with Crippen molar-refractivity contribution in [2.45, 2.75) is 13.3 Å². The number of ether oxygens (including phenoxy) is 1. The first-order chi connectivity index (χ1) is 11.5. The van der Waals surface area contributed by atoms with Crippen LogP contribution < -0.4 is 0 Å². The molecule has 124 valence electrons. The van der Waals surface area contributed by atoms with Gasteiger partial charge >= 0.3 is 5.97 Å². The Kier molecular flexibility index (Phi) is 4.69. The fraction of sp³-hybridized carbons (Fsp3) is 0.188. The highest BCUT2D eigenvalue weighted by Crippen LogP contribution is 2.28. The van der Waals surface area contributed by atoms with Gasteiger partial charge in [-0.05, 0) is 24.6 Å². The van der Waals surface area contributed by atoms with Crippen LogP contribution in [0.2, 0.25) is 10.3 Å². The maximum atomic E-state index is 13.3. The zero-order chi connectivity index (χ0) is 17.3. The maximum absolute atomic E-state index is 13.3. The monoisotopic (exact) mass is 367 g/mol. The number of halogens is 3. The zero-order valence-corrected chi connectivity index (χ0v) is 14.1. The molecule has 1 aromatic carbocycles. The van der Waals surface area contributed by atoms with Gasteiger partial charge in [-0.25, -0.2) is 18.7 Å². The van der Waals surface area contributed by atoms with Gasteiger partial charge in [-0.2, -0.15) is 5.10 Å². The lowest BCUT2D eigenvalue weighted by molar-refractivity contribution is 0.0528. The minimum Gasteiger partial charge on any atom is -0.462 e. The summed E-state index contributed by atoms with van der Waals surface area (Å²) in [5.41, 5.74) is 1.58. The maximum Gasteiger partial charge on any atom is 0.343 e. The van der Waals surface area contributed by atoms with Gasteiger partial charge in [-0.3, -0.25) is 0 Å². The van der Waals surface area contributed by atoms with E-state index in [1.165, 1.54) is 22.8 Å². The number of carbonyl (C=O) groups is 1. The van der Waals surface area contributed by atoms with Crippen molar-refractivity contribution in [3.63, 3.8) is 0 Å². The Morgan fingerprint density at radius 3 is 2.88 bits per heavy atom. The Bertz CT molecular complexity index is 927. The second-order valence-electron chi connectivity index (χ2n) is 4.99. The fourth-order valence-corrected chi connectivity index (χ4v) is 2.88. The molecule has 0 atom stereocenters. The molecule has 5 nitrogen and oxygen atoms in total. The van der Waals surface area contributed by atoms with Gasteiger partial charge in [0.2, 0.25) is 0 Å². The van der Waals surface area contributed by atoms with E-state index in [1.54, 1.807) is 19.1 Å². The van der Waals surface area contributed by atoms with Crippen LogP contribution in [0.5, 0.6) is 0 Å². The Labute approximate surface area is 147 Å². The molecule has 0 N–H and O–H groups in total. The topological polar surface area (TPSA) is 56.5 Å². The van der Waals surface area contributed by atoms with Gasteiger partial charge in [0.15, 0.2) is 5.65 Å². The van der Waals surface area contributed by atoms with Gasteiger partial charge in [-0.1, -0.05) is 35.3 Å². The summed E-state index contributed by atoms with van der Waals surface area (Å²) >= 11 is 12.6. The van der Waals surface area contributed by atoms with Crippen molar-refractivity contribution in [2.75, 3.05) is 6.61 Å². The number of hydrogen-bond donors (Lipinski definition) is 0. The average Bonchev–Trinajstić information content (AvgIpc) is 2.95. The number of rotatable bonds is 4. The third-order valence-electron chi connectivity index (χ3n) is 3.40. The summed E-state index contributed by atoms with van der Waals surface area (Å²) < 4.78 is 19.6. The zero-order valence-electron chi connectivity index (χ0n) is 12.6. The molecule has 0 unspecified atom stereocenters. The summed E-state index contributed by atoms with van der Waals surface area (Å²) in [7, 11) is 0. The molecule has 0 aliphatic rings. The highest BCUT2D eigenvalue weighted by atomic mass is 35.5. The van der Waals surface area contributed by atoms with Crippen LogP contribution >= 0.6 is 23.2 Å². The van der Waals surface area contributed by atoms with Crippen LogP contribution in [0.25, 0.3) is 5.65 Å². The molecule has 0 bridgehead atoms.